The summed E-state index contributed by atoms with van der Waals surface area (Å²) in [5, 5.41) is 7.09. The van der Waals surface area contributed by atoms with Gasteiger partial charge in [-0.15, -0.1) is 0 Å². The molecule has 0 amide bonds. The molecule has 82 valence electrons. The van der Waals surface area contributed by atoms with Gasteiger partial charge in [-0.2, -0.15) is 0 Å². The Bertz CT molecular complexity index is 316. The third-order valence-electron chi connectivity index (χ3n) is 2.49. The number of hydrogen-bond donors (Lipinski definition) is 2. The number of aromatic nitrogens is 2. The minimum absolute atomic E-state index is 0.490. The third-order valence-corrected chi connectivity index (χ3v) is 2.69. The van der Waals surface area contributed by atoms with Crippen LogP contribution < -0.4 is 10.6 Å². The third kappa shape index (κ3) is 3.04. The molecule has 0 spiro atoms. The molecular weight excluding hydrogens is 212 g/mol. The van der Waals surface area contributed by atoms with Gasteiger partial charge in [0.15, 0.2) is 0 Å². The Kier molecular flexibility index (Phi) is 3.38. The molecular formula is C10H15ClN4. The topological polar surface area (TPSA) is 49.8 Å². The van der Waals surface area contributed by atoms with Crippen LogP contribution in [0.1, 0.15) is 18.5 Å². The van der Waals surface area contributed by atoms with Gasteiger partial charge in [0.2, 0.25) is 5.95 Å². The fourth-order valence-corrected chi connectivity index (χ4v) is 1.99. The van der Waals surface area contributed by atoms with Gasteiger partial charge in [-0.3, -0.25) is 0 Å². The molecule has 4 nitrogen and oxygen atoms in total. The van der Waals surface area contributed by atoms with Crippen LogP contribution in [0.4, 0.5) is 5.95 Å². The van der Waals surface area contributed by atoms with Crippen molar-refractivity contribution in [3.8, 4) is 0 Å². The molecule has 0 radical (unpaired) electrons. The molecule has 1 saturated heterocycles. The Morgan fingerprint density at radius 1 is 1.60 bits per heavy atom. The molecule has 2 N–H and O–H groups in total. The van der Waals surface area contributed by atoms with Gasteiger partial charge in [0.05, 0.1) is 0 Å². The molecule has 2 heterocycles. The van der Waals surface area contributed by atoms with Crippen molar-refractivity contribution in [2.45, 2.75) is 25.8 Å². The van der Waals surface area contributed by atoms with E-state index < -0.39 is 0 Å². The first-order valence-electron chi connectivity index (χ1n) is 5.22. The summed E-state index contributed by atoms with van der Waals surface area (Å²) >= 11 is 5.84. The van der Waals surface area contributed by atoms with Crippen molar-refractivity contribution in [2.75, 3.05) is 18.4 Å². The van der Waals surface area contributed by atoms with Crippen LogP contribution >= 0.6 is 11.6 Å². The van der Waals surface area contributed by atoms with Gasteiger partial charge in [0.1, 0.15) is 5.15 Å². The highest BCUT2D eigenvalue weighted by atomic mass is 35.5. The van der Waals surface area contributed by atoms with Gasteiger partial charge in [-0.25, -0.2) is 9.97 Å². The molecule has 0 unspecified atom stereocenters. The number of nitrogens with zero attached hydrogens (tertiary/aromatic N) is 2. The number of aryl methyl sites for hydroxylation is 1. The lowest BCUT2D eigenvalue weighted by Gasteiger charge is -2.11. The van der Waals surface area contributed by atoms with E-state index in [0.29, 0.717) is 17.1 Å². The summed E-state index contributed by atoms with van der Waals surface area (Å²) in [6.45, 7) is 3.88. The highest BCUT2D eigenvalue weighted by Gasteiger charge is 2.13. The van der Waals surface area contributed by atoms with Crippen LogP contribution in [-0.4, -0.2) is 29.1 Å². The molecule has 1 aliphatic rings. The van der Waals surface area contributed by atoms with Gasteiger partial charge in [-0.1, -0.05) is 11.6 Å². The van der Waals surface area contributed by atoms with Crippen LogP contribution in [0.5, 0.6) is 0 Å². The van der Waals surface area contributed by atoms with Crippen molar-refractivity contribution < 1.29 is 0 Å². The van der Waals surface area contributed by atoms with E-state index in [0.717, 1.165) is 18.8 Å². The Morgan fingerprint density at radius 2 is 2.47 bits per heavy atom. The molecule has 0 aliphatic carbocycles. The van der Waals surface area contributed by atoms with Crippen LogP contribution in [-0.2, 0) is 0 Å². The molecule has 0 saturated carbocycles. The van der Waals surface area contributed by atoms with E-state index in [1.807, 2.05) is 6.92 Å². The second-order valence-electron chi connectivity index (χ2n) is 3.83. The van der Waals surface area contributed by atoms with E-state index in [-0.39, 0.29) is 0 Å². The summed E-state index contributed by atoms with van der Waals surface area (Å²) in [6, 6.07) is 2.29. The second-order valence-corrected chi connectivity index (χ2v) is 4.22. The average Bonchev–Trinajstić information content (AvgIpc) is 2.65. The van der Waals surface area contributed by atoms with Crippen LogP contribution in [0.25, 0.3) is 0 Å². The van der Waals surface area contributed by atoms with Crippen molar-refractivity contribution in [1.29, 1.82) is 0 Å². The van der Waals surface area contributed by atoms with Crippen LogP contribution in [0.15, 0.2) is 6.07 Å². The monoisotopic (exact) mass is 226 g/mol. The Balaban J connectivity index is 1.92. The molecule has 15 heavy (non-hydrogen) atoms. The zero-order chi connectivity index (χ0) is 10.7. The number of halogens is 1. The van der Waals surface area contributed by atoms with E-state index in [4.69, 9.17) is 11.6 Å². The molecule has 1 aromatic rings. The van der Waals surface area contributed by atoms with E-state index in [9.17, 15) is 0 Å². The van der Waals surface area contributed by atoms with Gasteiger partial charge in [0, 0.05) is 18.3 Å². The highest BCUT2D eigenvalue weighted by Crippen LogP contribution is 2.10. The summed E-state index contributed by atoms with van der Waals surface area (Å²) in [7, 11) is 0. The summed E-state index contributed by atoms with van der Waals surface area (Å²) in [5.41, 5.74) is 0.886. The van der Waals surface area contributed by atoms with Gasteiger partial charge >= 0.3 is 0 Å². The van der Waals surface area contributed by atoms with Crippen LogP contribution in [0.3, 0.4) is 0 Å². The number of rotatable bonds is 3. The maximum atomic E-state index is 5.84. The normalized spacial score (nSPS) is 20.5. The fourth-order valence-electron chi connectivity index (χ4n) is 1.75. The standard InChI is InChI=1S/C10H15ClN4/c1-7-5-9(11)15-10(14-7)13-6-8-3-2-4-12-8/h5,8,12H,2-4,6H2,1H3,(H,13,14,15)/t8-/m1/s1. The lowest BCUT2D eigenvalue weighted by Crippen LogP contribution is -2.29. The van der Waals surface area contributed by atoms with Gasteiger partial charge < -0.3 is 10.6 Å². The Hall–Kier alpha value is -0.870. The molecule has 1 aliphatic heterocycles. The van der Waals surface area contributed by atoms with E-state index in [1.54, 1.807) is 6.07 Å². The maximum absolute atomic E-state index is 5.84. The van der Waals surface area contributed by atoms with Crippen molar-refractivity contribution >= 4 is 17.5 Å². The molecule has 5 heteroatoms. The quantitative estimate of drug-likeness (QED) is 0.769. The van der Waals surface area contributed by atoms with Crippen molar-refractivity contribution in [2.24, 2.45) is 0 Å². The van der Waals surface area contributed by atoms with E-state index >= 15 is 0 Å². The van der Waals surface area contributed by atoms with Crippen molar-refractivity contribution in [1.82, 2.24) is 15.3 Å². The first-order chi connectivity index (χ1) is 7.24. The zero-order valence-corrected chi connectivity index (χ0v) is 9.51. The Morgan fingerprint density at radius 3 is 3.13 bits per heavy atom. The summed E-state index contributed by atoms with van der Waals surface area (Å²) in [5.74, 6) is 0.619. The van der Waals surface area contributed by atoms with Gasteiger partial charge in [0.25, 0.3) is 0 Å². The largest absolute Gasteiger partial charge is 0.353 e. The first-order valence-corrected chi connectivity index (χ1v) is 5.60. The van der Waals surface area contributed by atoms with Crippen LogP contribution in [0, 0.1) is 6.92 Å². The molecule has 0 bridgehead atoms. The smallest absolute Gasteiger partial charge is 0.224 e. The Labute approximate surface area is 94.5 Å². The molecule has 1 atom stereocenters. The summed E-state index contributed by atoms with van der Waals surface area (Å²) < 4.78 is 0. The number of hydrogen-bond acceptors (Lipinski definition) is 4. The SMILES string of the molecule is Cc1cc(Cl)nc(NC[C@H]2CCCN2)n1. The number of nitrogens with one attached hydrogen (secondary N) is 2. The predicted molar refractivity (Wildman–Crippen MR) is 61.3 cm³/mol. The average molecular weight is 227 g/mol. The van der Waals surface area contributed by atoms with Crippen molar-refractivity contribution in [3.05, 3.63) is 16.9 Å². The minimum atomic E-state index is 0.490. The van der Waals surface area contributed by atoms with Crippen molar-refractivity contribution in [3.63, 3.8) is 0 Å². The van der Waals surface area contributed by atoms with Crippen LogP contribution in [0.2, 0.25) is 5.15 Å². The predicted octanol–water partition coefficient (Wildman–Crippen LogP) is 1.60. The summed E-state index contributed by atoms with van der Waals surface area (Å²) in [4.78, 5) is 8.37. The molecule has 1 fully saturated rings. The molecule has 2 rings (SSSR count). The maximum Gasteiger partial charge on any atom is 0.224 e. The summed E-state index contributed by atoms with van der Waals surface area (Å²) in [6.07, 6.45) is 2.47. The number of anilines is 1. The first kappa shape index (κ1) is 10.6. The zero-order valence-electron chi connectivity index (χ0n) is 8.76. The minimum Gasteiger partial charge on any atom is -0.353 e. The fraction of sp³-hybridized carbons (Fsp3) is 0.600. The van der Waals surface area contributed by atoms with E-state index in [2.05, 4.69) is 20.6 Å². The lowest BCUT2D eigenvalue weighted by atomic mass is 10.2. The van der Waals surface area contributed by atoms with E-state index in [1.165, 1.54) is 12.8 Å². The lowest BCUT2D eigenvalue weighted by molar-refractivity contribution is 0.631. The highest BCUT2D eigenvalue weighted by molar-refractivity contribution is 6.29. The second kappa shape index (κ2) is 4.77. The van der Waals surface area contributed by atoms with Gasteiger partial charge in [-0.05, 0) is 32.4 Å². The molecule has 1 aromatic heterocycles. The molecule has 0 aromatic carbocycles.